The third-order valence-corrected chi connectivity index (χ3v) is 7.14. The van der Waals surface area contributed by atoms with Crippen molar-refractivity contribution in [1.82, 2.24) is 30.2 Å². The first-order valence-electron chi connectivity index (χ1n) is 11.0. The number of tetrazole rings is 1. The average Bonchev–Trinajstić information content (AvgIpc) is 3.52. The fourth-order valence-corrected chi connectivity index (χ4v) is 5.17. The molecule has 0 radical (unpaired) electrons. The molecule has 0 aliphatic carbocycles. The van der Waals surface area contributed by atoms with Crippen LogP contribution < -0.4 is 5.32 Å². The molecule has 0 unspecified atom stereocenters. The van der Waals surface area contributed by atoms with Gasteiger partial charge in [0.2, 0.25) is 5.16 Å². The number of carbonyl (C=O) groups excluding carboxylic acids is 1. The lowest BCUT2D eigenvalue weighted by atomic mass is 10.2. The summed E-state index contributed by atoms with van der Waals surface area (Å²) in [5, 5.41) is 17.3. The van der Waals surface area contributed by atoms with Gasteiger partial charge in [0.15, 0.2) is 5.82 Å². The Morgan fingerprint density at radius 3 is 2.54 bits per heavy atom. The number of thiophene rings is 1. The number of benzene rings is 2. The Kier molecular flexibility index (Phi) is 6.68. The van der Waals surface area contributed by atoms with E-state index in [1.807, 2.05) is 67.6 Å². The maximum Gasteiger partial charge on any atom is 0.341 e. The van der Waals surface area contributed by atoms with E-state index in [0.29, 0.717) is 33.2 Å². The van der Waals surface area contributed by atoms with Crippen molar-refractivity contribution in [3.05, 3.63) is 71.1 Å². The number of nitrogens with zero attached hydrogens (tertiary/aromatic N) is 6. The summed E-state index contributed by atoms with van der Waals surface area (Å²) in [6, 6.07) is 19.1. The highest BCUT2D eigenvalue weighted by Gasteiger charge is 2.21. The number of rotatable bonds is 8. The molecule has 3 aromatic heterocycles. The van der Waals surface area contributed by atoms with Crippen molar-refractivity contribution in [2.45, 2.75) is 30.5 Å². The van der Waals surface area contributed by atoms with Gasteiger partial charge in [0.1, 0.15) is 10.0 Å². The number of aromatic nitrogens is 6. The van der Waals surface area contributed by atoms with Crippen LogP contribution in [0.25, 0.3) is 16.7 Å². The molecular weight excluding hydrogens is 482 g/mol. The smallest absolute Gasteiger partial charge is 0.341 e. The third-order valence-electron chi connectivity index (χ3n) is 5.03. The molecule has 5 aromatic rings. The van der Waals surface area contributed by atoms with Gasteiger partial charge in [0.25, 0.3) is 0 Å². The van der Waals surface area contributed by atoms with Gasteiger partial charge >= 0.3 is 5.97 Å². The van der Waals surface area contributed by atoms with Gasteiger partial charge in [-0.3, -0.25) is 0 Å². The van der Waals surface area contributed by atoms with Gasteiger partial charge in [-0.25, -0.2) is 14.8 Å². The summed E-state index contributed by atoms with van der Waals surface area (Å²) in [6.45, 7) is 4.14. The lowest BCUT2D eigenvalue weighted by Gasteiger charge is -2.11. The van der Waals surface area contributed by atoms with Crippen LogP contribution in [-0.2, 0) is 11.2 Å². The highest BCUT2D eigenvalue weighted by molar-refractivity contribution is 7.99. The van der Waals surface area contributed by atoms with Crippen LogP contribution in [0.5, 0.6) is 0 Å². The standard InChI is InChI=1S/C24H21N7O2S2/c1-3-16-14-17(23(32)33-4-2)21(34-16)27-20-22(26-19-13-9-8-12-18(19)25-20)35-24-28-29-30-31(24)15-10-6-5-7-11-15/h5-14H,3-4H2,1-2H3,(H,25,27). The van der Waals surface area contributed by atoms with E-state index in [1.165, 1.54) is 23.1 Å². The molecule has 0 aliphatic heterocycles. The molecule has 35 heavy (non-hydrogen) atoms. The quantitative estimate of drug-likeness (QED) is 0.282. The van der Waals surface area contributed by atoms with Crippen LogP contribution >= 0.6 is 23.1 Å². The van der Waals surface area contributed by atoms with Gasteiger partial charge in [0.05, 0.1) is 28.9 Å². The maximum absolute atomic E-state index is 12.6. The number of ether oxygens (including phenoxy) is 1. The highest BCUT2D eigenvalue weighted by Crippen LogP contribution is 2.37. The molecule has 1 N–H and O–H groups in total. The van der Waals surface area contributed by atoms with Crippen molar-refractivity contribution in [3.63, 3.8) is 0 Å². The minimum Gasteiger partial charge on any atom is -0.462 e. The summed E-state index contributed by atoms with van der Waals surface area (Å²) < 4.78 is 6.92. The number of aryl methyl sites for hydroxylation is 1. The summed E-state index contributed by atoms with van der Waals surface area (Å²) in [6.07, 6.45) is 0.801. The van der Waals surface area contributed by atoms with Crippen molar-refractivity contribution in [3.8, 4) is 5.69 Å². The van der Waals surface area contributed by atoms with E-state index in [4.69, 9.17) is 14.7 Å². The number of anilines is 2. The maximum atomic E-state index is 12.6. The first-order chi connectivity index (χ1) is 17.2. The summed E-state index contributed by atoms with van der Waals surface area (Å²) in [7, 11) is 0. The van der Waals surface area contributed by atoms with Gasteiger partial charge in [-0.15, -0.1) is 16.4 Å². The zero-order valence-electron chi connectivity index (χ0n) is 19.0. The van der Waals surface area contributed by atoms with E-state index in [-0.39, 0.29) is 5.97 Å². The minimum absolute atomic E-state index is 0.300. The van der Waals surface area contributed by atoms with Gasteiger partial charge in [-0.05, 0) is 65.9 Å². The number of carbonyl (C=O) groups is 1. The number of nitrogens with one attached hydrogen (secondary N) is 1. The fourth-order valence-electron chi connectivity index (χ4n) is 3.37. The molecule has 0 atom stereocenters. The van der Waals surface area contributed by atoms with Gasteiger partial charge in [-0.1, -0.05) is 37.3 Å². The summed E-state index contributed by atoms with van der Waals surface area (Å²) in [5.41, 5.74) is 2.78. The van der Waals surface area contributed by atoms with Crippen LogP contribution in [0.15, 0.2) is 70.8 Å². The molecular formula is C24H21N7O2S2. The zero-order chi connectivity index (χ0) is 24.2. The fraction of sp³-hybridized carbons (Fsp3) is 0.167. The second-order valence-electron chi connectivity index (χ2n) is 7.33. The van der Waals surface area contributed by atoms with Gasteiger partial charge < -0.3 is 10.1 Å². The Hall–Kier alpha value is -3.83. The van der Waals surface area contributed by atoms with Crippen LogP contribution in [0.4, 0.5) is 10.8 Å². The highest BCUT2D eigenvalue weighted by atomic mass is 32.2. The average molecular weight is 504 g/mol. The van der Waals surface area contributed by atoms with E-state index in [0.717, 1.165) is 28.0 Å². The molecule has 176 valence electrons. The van der Waals surface area contributed by atoms with Crippen LogP contribution in [0, 0.1) is 0 Å². The Bertz CT molecular complexity index is 1480. The molecule has 0 spiro atoms. The lowest BCUT2D eigenvalue weighted by molar-refractivity contribution is 0.0528. The Morgan fingerprint density at radius 2 is 1.80 bits per heavy atom. The largest absolute Gasteiger partial charge is 0.462 e. The summed E-state index contributed by atoms with van der Waals surface area (Å²) in [4.78, 5) is 23.3. The molecule has 0 aliphatic rings. The van der Waals surface area contributed by atoms with Crippen LogP contribution in [-0.4, -0.2) is 42.8 Å². The molecule has 0 saturated carbocycles. The van der Waals surface area contributed by atoms with E-state index in [9.17, 15) is 4.79 Å². The van der Waals surface area contributed by atoms with Crippen molar-refractivity contribution < 1.29 is 9.53 Å². The van der Waals surface area contributed by atoms with Gasteiger partial charge in [0, 0.05) is 4.88 Å². The van der Waals surface area contributed by atoms with Crippen molar-refractivity contribution in [2.75, 3.05) is 11.9 Å². The molecule has 9 nitrogen and oxygen atoms in total. The van der Waals surface area contributed by atoms with E-state index in [2.05, 4.69) is 20.8 Å². The first kappa shape index (κ1) is 22.9. The number of hydrogen-bond donors (Lipinski definition) is 1. The van der Waals surface area contributed by atoms with E-state index >= 15 is 0 Å². The van der Waals surface area contributed by atoms with Crippen LogP contribution in [0.3, 0.4) is 0 Å². The van der Waals surface area contributed by atoms with Crippen LogP contribution in [0.2, 0.25) is 0 Å². The molecule has 0 saturated heterocycles. The number of hydrogen-bond acceptors (Lipinski definition) is 10. The zero-order valence-corrected chi connectivity index (χ0v) is 20.6. The second-order valence-corrected chi connectivity index (χ2v) is 9.42. The molecule has 11 heteroatoms. The monoisotopic (exact) mass is 503 g/mol. The Balaban J connectivity index is 1.57. The summed E-state index contributed by atoms with van der Waals surface area (Å²) >= 11 is 2.79. The van der Waals surface area contributed by atoms with Crippen molar-refractivity contribution >= 4 is 50.9 Å². The number of esters is 1. The molecule has 5 rings (SSSR count). The number of fused-ring (bicyclic) bond motifs is 1. The number of para-hydroxylation sites is 3. The van der Waals surface area contributed by atoms with Crippen LogP contribution in [0.1, 0.15) is 29.1 Å². The Morgan fingerprint density at radius 1 is 1.06 bits per heavy atom. The van der Waals surface area contributed by atoms with E-state index in [1.54, 1.807) is 11.6 Å². The van der Waals surface area contributed by atoms with Crippen molar-refractivity contribution in [1.29, 1.82) is 0 Å². The van der Waals surface area contributed by atoms with Crippen molar-refractivity contribution in [2.24, 2.45) is 0 Å². The molecule has 0 amide bonds. The SMILES string of the molecule is CCOC(=O)c1cc(CC)sc1Nc1nc2ccccc2nc1Sc1nnnn1-c1ccccc1. The predicted molar refractivity (Wildman–Crippen MR) is 136 cm³/mol. The first-order valence-corrected chi connectivity index (χ1v) is 12.6. The molecule has 0 fully saturated rings. The van der Waals surface area contributed by atoms with E-state index < -0.39 is 0 Å². The minimum atomic E-state index is -0.373. The predicted octanol–water partition coefficient (Wildman–Crippen LogP) is 5.30. The molecule has 2 aromatic carbocycles. The third kappa shape index (κ3) is 4.86. The summed E-state index contributed by atoms with van der Waals surface area (Å²) in [5.74, 6) is 0.133. The normalized spacial score (nSPS) is 11.0. The molecule has 3 heterocycles. The molecule has 0 bridgehead atoms. The second kappa shape index (κ2) is 10.2. The topological polar surface area (TPSA) is 108 Å². The van der Waals surface area contributed by atoms with Gasteiger partial charge in [-0.2, -0.15) is 4.68 Å². The Labute approximate surface area is 209 Å². The lowest BCUT2D eigenvalue weighted by Crippen LogP contribution is -2.07.